The fraction of sp³-hybridized carbons (Fsp3) is 0.0714. The minimum atomic E-state index is -3.44. The Morgan fingerprint density at radius 2 is 1.70 bits per heavy atom. The molecule has 6 nitrogen and oxygen atoms in total. The number of rotatable bonds is 4. The van der Waals surface area contributed by atoms with Crippen LogP contribution in [0.25, 0.3) is 0 Å². The zero-order chi connectivity index (χ0) is 16.6. The number of benzene rings is 2. The summed E-state index contributed by atoms with van der Waals surface area (Å²) in [6.07, 6.45) is 2.51. The Hall–Kier alpha value is -1.56. The number of nitrogens with one attached hydrogen (secondary N) is 1. The van der Waals surface area contributed by atoms with Gasteiger partial charge >= 0.3 is 23.2 Å². The second-order valence-electron chi connectivity index (χ2n) is 4.21. The number of phenolic OH excluding ortho intramolecular Hbond substituents is 1. The van der Waals surface area contributed by atoms with E-state index in [1.807, 2.05) is 30.3 Å². The molecule has 9 heteroatoms. The Labute approximate surface area is 152 Å². The molecule has 0 saturated heterocycles. The molecule has 0 radical (unpaired) electrons. The summed E-state index contributed by atoms with van der Waals surface area (Å²) in [6, 6.07) is 14.0. The van der Waals surface area contributed by atoms with Gasteiger partial charge < -0.3 is 5.11 Å². The van der Waals surface area contributed by atoms with E-state index in [4.69, 9.17) is 3.40 Å². The number of aliphatic imine (C=N–C) groups is 1. The van der Waals surface area contributed by atoms with Crippen LogP contribution in [0.2, 0.25) is 0 Å². The van der Waals surface area contributed by atoms with Crippen LogP contribution < -0.4 is 4.72 Å². The fourth-order valence-electron chi connectivity index (χ4n) is 1.61. The number of aromatic hydroxyl groups is 1. The summed E-state index contributed by atoms with van der Waals surface area (Å²) in [5.41, 5.74) is 1.31. The Bertz CT molecular complexity index is 755. The summed E-state index contributed by atoms with van der Waals surface area (Å²) in [4.78, 5) is 4.21. The van der Waals surface area contributed by atoms with Crippen LogP contribution in [-0.4, -0.2) is 26.0 Å². The van der Waals surface area contributed by atoms with Gasteiger partial charge in [0.2, 0.25) is 10.0 Å². The number of hydrogen-bond acceptors (Lipinski definition) is 5. The van der Waals surface area contributed by atoms with Crippen LogP contribution in [0.4, 0.5) is 11.4 Å². The molecule has 2 rings (SSSR count). The monoisotopic (exact) mass is 440 g/mol. The topological polar surface area (TPSA) is 95.8 Å². The van der Waals surface area contributed by atoms with Gasteiger partial charge in [-0.2, -0.15) is 0 Å². The van der Waals surface area contributed by atoms with E-state index < -0.39 is 10.0 Å². The van der Waals surface area contributed by atoms with Crippen LogP contribution in [0.3, 0.4) is 0 Å². The van der Waals surface area contributed by atoms with Gasteiger partial charge in [-0.15, -0.1) is 12.4 Å². The molecule has 0 aliphatic carbocycles. The SMILES string of the molecule is CS(=O)(=O)Nc1cccc(C=Nc2ccccc2)c1O.Cl.[O]=[Mo]. The average molecular weight is 439 g/mol. The van der Waals surface area contributed by atoms with Crippen LogP contribution in [0.1, 0.15) is 5.56 Å². The number of phenols is 1. The number of para-hydroxylation sites is 2. The molecule has 0 heterocycles. The number of anilines is 1. The molecule has 124 valence electrons. The Morgan fingerprint density at radius 1 is 1.09 bits per heavy atom. The normalized spacial score (nSPS) is 10.3. The molecular weight excluding hydrogens is 424 g/mol. The molecule has 0 amide bonds. The predicted molar refractivity (Wildman–Crippen MR) is 88.2 cm³/mol. The number of nitrogens with zero attached hydrogens (tertiary/aromatic N) is 1. The van der Waals surface area contributed by atoms with Gasteiger partial charge in [0.15, 0.2) is 0 Å². The third-order valence-corrected chi connectivity index (χ3v) is 3.06. The van der Waals surface area contributed by atoms with Crippen molar-refractivity contribution in [1.82, 2.24) is 0 Å². The Kier molecular flexibility index (Phi) is 9.56. The van der Waals surface area contributed by atoms with Crippen molar-refractivity contribution in [3.63, 3.8) is 0 Å². The number of sulfonamides is 1. The molecule has 0 unspecified atom stereocenters. The molecule has 0 bridgehead atoms. The molecule has 0 atom stereocenters. The predicted octanol–water partition coefficient (Wildman–Crippen LogP) is 2.81. The molecule has 0 aliphatic rings. The molecule has 0 aliphatic heterocycles. The first kappa shape index (κ1) is 21.4. The first-order valence-electron chi connectivity index (χ1n) is 6.01. The molecule has 0 fully saturated rings. The maximum atomic E-state index is 11.2. The molecule has 0 saturated carbocycles. The summed E-state index contributed by atoms with van der Waals surface area (Å²) in [6.45, 7) is 0. The maximum absolute atomic E-state index is 11.2. The van der Waals surface area contributed by atoms with Crippen molar-refractivity contribution in [3.8, 4) is 5.75 Å². The molecule has 0 aromatic heterocycles. The molecule has 2 aromatic carbocycles. The van der Waals surface area contributed by atoms with Crippen molar-refractivity contribution in [2.45, 2.75) is 0 Å². The van der Waals surface area contributed by atoms with E-state index in [0.29, 0.717) is 25.3 Å². The summed E-state index contributed by atoms with van der Waals surface area (Å²) < 4.78 is 32.9. The zero-order valence-corrected chi connectivity index (χ0v) is 15.7. The standard InChI is InChI=1S/C14H14N2O3S.ClH.Mo.O/c1-20(18,19)16-13-9-5-6-11(14(13)17)10-15-12-7-3-2-4-8-12;;;/h2-10,16-17H,1H3;1H;;. The van der Waals surface area contributed by atoms with Crippen LogP contribution in [0.15, 0.2) is 53.5 Å². The van der Waals surface area contributed by atoms with Gasteiger partial charge in [-0.3, -0.25) is 9.71 Å². The van der Waals surface area contributed by atoms with Crippen molar-refractivity contribution in [3.05, 3.63) is 54.1 Å². The Morgan fingerprint density at radius 3 is 2.26 bits per heavy atom. The number of hydrogen-bond donors (Lipinski definition) is 2. The average Bonchev–Trinajstić information content (AvgIpc) is 2.50. The summed E-state index contributed by atoms with van der Waals surface area (Å²) >= 11 is 0.700. The van der Waals surface area contributed by atoms with Gasteiger partial charge in [-0.25, -0.2) is 8.42 Å². The third-order valence-electron chi connectivity index (χ3n) is 2.47. The van der Waals surface area contributed by atoms with E-state index in [9.17, 15) is 13.5 Å². The molecular formula is C14H15ClMoN2O4S. The van der Waals surface area contributed by atoms with Gasteiger partial charge in [0, 0.05) is 11.8 Å². The van der Waals surface area contributed by atoms with Gasteiger partial charge in [0.05, 0.1) is 17.6 Å². The summed E-state index contributed by atoms with van der Waals surface area (Å²) in [7, 11) is -3.44. The second kappa shape index (κ2) is 10.3. The van der Waals surface area contributed by atoms with Crippen molar-refractivity contribution >= 4 is 40.0 Å². The van der Waals surface area contributed by atoms with Crippen molar-refractivity contribution in [2.75, 3.05) is 11.0 Å². The van der Waals surface area contributed by atoms with Crippen LogP contribution in [0, 0.1) is 0 Å². The fourth-order valence-corrected chi connectivity index (χ4v) is 2.17. The molecule has 0 spiro atoms. The third kappa shape index (κ3) is 7.50. The summed E-state index contributed by atoms with van der Waals surface area (Å²) in [5.74, 6) is -0.155. The van der Waals surface area contributed by atoms with Crippen LogP contribution in [0.5, 0.6) is 5.75 Å². The number of halogens is 1. The first-order chi connectivity index (χ1) is 10.5. The minimum absolute atomic E-state index is 0. The van der Waals surface area contributed by atoms with E-state index in [-0.39, 0.29) is 23.8 Å². The molecule has 2 aromatic rings. The van der Waals surface area contributed by atoms with E-state index in [1.54, 1.807) is 12.1 Å². The van der Waals surface area contributed by atoms with Crippen molar-refractivity contribution in [2.24, 2.45) is 4.99 Å². The van der Waals surface area contributed by atoms with Gasteiger partial charge in [0.25, 0.3) is 0 Å². The van der Waals surface area contributed by atoms with Crippen LogP contribution in [-0.2, 0) is 33.2 Å². The quantitative estimate of drug-likeness (QED) is 0.436. The van der Waals surface area contributed by atoms with Crippen molar-refractivity contribution < 1.29 is 36.7 Å². The van der Waals surface area contributed by atoms with Crippen LogP contribution >= 0.6 is 12.4 Å². The van der Waals surface area contributed by atoms with E-state index in [1.165, 1.54) is 12.3 Å². The van der Waals surface area contributed by atoms with Gasteiger partial charge in [-0.05, 0) is 24.3 Å². The Balaban J connectivity index is 0.00000155. The second-order valence-corrected chi connectivity index (χ2v) is 5.96. The van der Waals surface area contributed by atoms with Gasteiger partial charge in [0.1, 0.15) is 5.75 Å². The van der Waals surface area contributed by atoms with E-state index >= 15 is 0 Å². The van der Waals surface area contributed by atoms with E-state index in [0.717, 1.165) is 11.9 Å². The molecule has 23 heavy (non-hydrogen) atoms. The zero-order valence-electron chi connectivity index (χ0n) is 12.0. The first-order valence-corrected chi connectivity index (χ1v) is 8.72. The van der Waals surface area contributed by atoms with Gasteiger partial charge in [-0.1, -0.05) is 24.3 Å². The van der Waals surface area contributed by atoms with Crippen molar-refractivity contribution in [1.29, 1.82) is 0 Å². The van der Waals surface area contributed by atoms with E-state index in [2.05, 4.69) is 9.71 Å². The summed E-state index contributed by atoms with van der Waals surface area (Å²) in [5, 5.41) is 10.0. The molecule has 2 N–H and O–H groups in total.